The Labute approximate surface area is 147 Å². The predicted octanol–water partition coefficient (Wildman–Crippen LogP) is 2.82. The smallest absolute Gasteiger partial charge is 0.262 e. The maximum atomic E-state index is 12.6. The summed E-state index contributed by atoms with van der Waals surface area (Å²) in [5.41, 5.74) is 1.56. The number of aryl methyl sites for hydroxylation is 1. The van der Waals surface area contributed by atoms with Gasteiger partial charge in [0.1, 0.15) is 11.2 Å². The molecule has 0 aromatic carbocycles. The van der Waals surface area contributed by atoms with Crippen molar-refractivity contribution >= 4 is 23.4 Å². The zero-order valence-corrected chi connectivity index (χ0v) is 15.0. The molecule has 1 saturated carbocycles. The maximum absolute atomic E-state index is 12.6. The van der Waals surface area contributed by atoms with Crippen LogP contribution in [0.5, 0.6) is 0 Å². The molecule has 2 aliphatic rings. The zero-order valence-electron chi connectivity index (χ0n) is 14.2. The molecule has 2 aromatic heterocycles. The number of piperidine rings is 1. The summed E-state index contributed by atoms with van der Waals surface area (Å²) in [5.74, 6) is 1.13. The first-order valence-electron chi connectivity index (χ1n) is 8.94. The summed E-state index contributed by atoms with van der Waals surface area (Å²) in [6.45, 7) is 3.87. The van der Waals surface area contributed by atoms with Gasteiger partial charge in [0.15, 0.2) is 5.65 Å². The molecule has 0 radical (unpaired) electrons. The number of halogens is 1. The lowest BCUT2D eigenvalue weighted by atomic mass is 9.96. The SMILES string of the molecule is Cc1nn(C2CCCCC2)c2nc(C3CCCNC3)[nH]c(=O)c12.Cl. The zero-order chi connectivity index (χ0) is 15.8. The van der Waals surface area contributed by atoms with Crippen LogP contribution in [0.25, 0.3) is 11.0 Å². The molecule has 7 heteroatoms. The molecule has 2 aromatic rings. The van der Waals surface area contributed by atoms with E-state index in [1.165, 1.54) is 19.3 Å². The molecular weight excluding hydrogens is 326 g/mol. The summed E-state index contributed by atoms with van der Waals surface area (Å²) >= 11 is 0. The molecular formula is C17H26ClN5O. The van der Waals surface area contributed by atoms with Crippen molar-refractivity contribution in [2.24, 2.45) is 0 Å². The van der Waals surface area contributed by atoms with Crippen molar-refractivity contribution in [2.45, 2.75) is 63.8 Å². The molecule has 132 valence electrons. The highest BCUT2D eigenvalue weighted by atomic mass is 35.5. The third-order valence-electron chi connectivity index (χ3n) is 5.36. The average Bonchev–Trinajstić information content (AvgIpc) is 2.94. The van der Waals surface area contributed by atoms with Gasteiger partial charge < -0.3 is 10.3 Å². The van der Waals surface area contributed by atoms with Crippen LogP contribution >= 0.6 is 12.4 Å². The van der Waals surface area contributed by atoms with E-state index in [2.05, 4.69) is 15.4 Å². The number of nitrogens with one attached hydrogen (secondary N) is 2. The van der Waals surface area contributed by atoms with Gasteiger partial charge in [-0.3, -0.25) is 4.79 Å². The Morgan fingerprint density at radius 2 is 1.92 bits per heavy atom. The number of nitrogens with zero attached hydrogens (tertiary/aromatic N) is 3. The minimum atomic E-state index is -0.0323. The molecule has 0 spiro atoms. The molecule has 1 unspecified atom stereocenters. The van der Waals surface area contributed by atoms with Crippen molar-refractivity contribution in [2.75, 3.05) is 13.1 Å². The second kappa shape index (κ2) is 7.23. The molecule has 24 heavy (non-hydrogen) atoms. The first-order valence-corrected chi connectivity index (χ1v) is 8.94. The summed E-state index contributed by atoms with van der Waals surface area (Å²) in [6.07, 6.45) is 8.30. The van der Waals surface area contributed by atoms with E-state index in [4.69, 9.17) is 4.98 Å². The Kier molecular flexibility index (Phi) is 5.25. The largest absolute Gasteiger partial charge is 0.316 e. The molecule has 2 N–H and O–H groups in total. The Morgan fingerprint density at radius 3 is 2.62 bits per heavy atom. The van der Waals surface area contributed by atoms with E-state index in [0.29, 0.717) is 17.3 Å². The number of aromatic amines is 1. The number of hydrogen-bond acceptors (Lipinski definition) is 4. The molecule has 4 rings (SSSR count). The molecule has 1 atom stereocenters. The predicted molar refractivity (Wildman–Crippen MR) is 97.1 cm³/mol. The number of fused-ring (bicyclic) bond motifs is 1. The van der Waals surface area contributed by atoms with Crippen LogP contribution in [0.2, 0.25) is 0 Å². The summed E-state index contributed by atoms with van der Waals surface area (Å²) in [5, 5.41) is 8.75. The standard InChI is InChI=1S/C17H25N5O.ClH/c1-11-14-16(22(21-11)13-7-3-2-4-8-13)19-15(20-17(14)23)12-6-5-9-18-10-12;/h12-13,18H,2-10H2,1H3,(H,19,20,23);1H. The Balaban J connectivity index is 0.00000169. The Hall–Kier alpha value is -1.40. The Bertz CT molecular complexity index is 756. The van der Waals surface area contributed by atoms with E-state index in [0.717, 1.165) is 55.9 Å². The fraction of sp³-hybridized carbons (Fsp3) is 0.706. The van der Waals surface area contributed by atoms with Gasteiger partial charge in [0.05, 0.1) is 11.7 Å². The third-order valence-corrected chi connectivity index (χ3v) is 5.36. The topological polar surface area (TPSA) is 75.6 Å². The number of aromatic nitrogens is 4. The van der Waals surface area contributed by atoms with Crippen molar-refractivity contribution in [1.29, 1.82) is 0 Å². The van der Waals surface area contributed by atoms with Crippen LogP contribution in [0.15, 0.2) is 4.79 Å². The van der Waals surface area contributed by atoms with Gasteiger partial charge in [-0.25, -0.2) is 9.67 Å². The lowest BCUT2D eigenvalue weighted by Crippen LogP contribution is -2.30. The van der Waals surface area contributed by atoms with Crippen LogP contribution in [0.4, 0.5) is 0 Å². The van der Waals surface area contributed by atoms with Crippen molar-refractivity contribution in [1.82, 2.24) is 25.1 Å². The average molecular weight is 352 g/mol. The van der Waals surface area contributed by atoms with Crippen LogP contribution < -0.4 is 10.9 Å². The third kappa shape index (κ3) is 3.09. The second-order valence-electron chi connectivity index (χ2n) is 7.01. The molecule has 2 fully saturated rings. The summed E-state index contributed by atoms with van der Waals surface area (Å²) < 4.78 is 2.04. The quantitative estimate of drug-likeness (QED) is 0.872. The van der Waals surface area contributed by atoms with E-state index >= 15 is 0 Å². The number of rotatable bonds is 2. The highest BCUT2D eigenvalue weighted by molar-refractivity contribution is 5.85. The molecule has 0 bridgehead atoms. The highest BCUT2D eigenvalue weighted by Crippen LogP contribution is 2.30. The highest BCUT2D eigenvalue weighted by Gasteiger charge is 2.24. The normalized spacial score (nSPS) is 22.5. The summed E-state index contributed by atoms with van der Waals surface area (Å²) in [4.78, 5) is 20.5. The first-order chi connectivity index (χ1) is 11.2. The van der Waals surface area contributed by atoms with Gasteiger partial charge in [-0.2, -0.15) is 5.10 Å². The van der Waals surface area contributed by atoms with Crippen LogP contribution in [-0.2, 0) is 0 Å². The fourth-order valence-corrected chi connectivity index (χ4v) is 4.09. The number of hydrogen-bond donors (Lipinski definition) is 2. The van der Waals surface area contributed by atoms with Crippen molar-refractivity contribution in [3.05, 3.63) is 21.9 Å². The van der Waals surface area contributed by atoms with Gasteiger partial charge in [0.25, 0.3) is 5.56 Å². The Morgan fingerprint density at radius 1 is 1.12 bits per heavy atom. The van der Waals surface area contributed by atoms with Crippen LogP contribution in [0, 0.1) is 6.92 Å². The lowest BCUT2D eigenvalue weighted by Gasteiger charge is -2.23. The molecule has 0 amide bonds. The monoisotopic (exact) mass is 351 g/mol. The fourth-order valence-electron chi connectivity index (χ4n) is 4.09. The molecule has 3 heterocycles. The van der Waals surface area contributed by atoms with Crippen molar-refractivity contribution < 1.29 is 0 Å². The van der Waals surface area contributed by atoms with Gasteiger partial charge >= 0.3 is 0 Å². The van der Waals surface area contributed by atoms with Crippen LogP contribution in [-0.4, -0.2) is 32.8 Å². The molecule has 6 nitrogen and oxygen atoms in total. The molecule has 1 aliphatic carbocycles. The van der Waals surface area contributed by atoms with E-state index in [-0.39, 0.29) is 18.0 Å². The van der Waals surface area contributed by atoms with E-state index in [1.807, 2.05) is 11.6 Å². The van der Waals surface area contributed by atoms with Crippen LogP contribution in [0.1, 0.15) is 68.4 Å². The van der Waals surface area contributed by atoms with Gasteiger partial charge in [-0.05, 0) is 39.2 Å². The summed E-state index contributed by atoms with van der Waals surface area (Å²) in [6, 6.07) is 0.395. The first kappa shape index (κ1) is 17.4. The van der Waals surface area contributed by atoms with Gasteiger partial charge in [-0.15, -0.1) is 12.4 Å². The second-order valence-corrected chi connectivity index (χ2v) is 7.01. The van der Waals surface area contributed by atoms with Gasteiger partial charge in [-0.1, -0.05) is 19.3 Å². The van der Waals surface area contributed by atoms with Crippen molar-refractivity contribution in [3.8, 4) is 0 Å². The van der Waals surface area contributed by atoms with Crippen LogP contribution in [0.3, 0.4) is 0 Å². The van der Waals surface area contributed by atoms with Gasteiger partial charge in [0.2, 0.25) is 0 Å². The lowest BCUT2D eigenvalue weighted by molar-refractivity contribution is 0.334. The molecule has 1 saturated heterocycles. The maximum Gasteiger partial charge on any atom is 0.262 e. The minimum absolute atomic E-state index is 0. The van der Waals surface area contributed by atoms with Crippen molar-refractivity contribution in [3.63, 3.8) is 0 Å². The van der Waals surface area contributed by atoms with E-state index < -0.39 is 0 Å². The van der Waals surface area contributed by atoms with Gasteiger partial charge in [0, 0.05) is 12.5 Å². The minimum Gasteiger partial charge on any atom is -0.316 e. The molecule has 1 aliphatic heterocycles. The van der Waals surface area contributed by atoms with E-state index in [1.54, 1.807) is 0 Å². The van der Waals surface area contributed by atoms with E-state index in [9.17, 15) is 4.79 Å². The number of H-pyrrole nitrogens is 1. The summed E-state index contributed by atoms with van der Waals surface area (Å²) in [7, 11) is 0.